The highest BCUT2D eigenvalue weighted by atomic mass is 32.2. The minimum atomic E-state index is -0.925. The van der Waals surface area contributed by atoms with Crippen molar-refractivity contribution in [3.63, 3.8) is 0 Å². The third-order valence-electron chi connectivity index (χ3n) is 7.81. The Morgan fingerprint density at radius 1 is 0.565 bits per heavy atom. The SMILES string of the molecule is C=CCO[C@H]1[C@H](OCC=C)[C@H](COC(c2ccccc2)(c2ccccc2)c2ccccc2)O[C@H](Sc2ccccc2)[C@H]1OCC=C. The molecule has 0 radical (unpaired) electrons. The lowest BCUT2D eigenvalue weighted by Gasteiger charge is -2.47. The standard InChI is InChI=1S/C40H42O5S/c1-4-27-41-36-35(45-39(46-34-25-17-10-18-26-34)38(43-29-6-3)37(36)42-28-5-2)30-44-40(31-19-11-7-12-20-31,32-21-13-8-14-22-32)33-23-15-9-16-24-33/h4-26,35-39H,1-3,27-30H2/t35-,36+,37-,38-,39+/m0/s1. The van der Waals surface area contributed by atoms with E-state index in [0.29, 0.717) is 19.8 Å². The van der Waals surface area contributed by atoms with E-state index in [1.165, 1.54) is 0 Å². The highest BCUT2D eigenvalue weighted by Gasteiger charge is 2.50. The Balaban J connectivity index is 1.58. The maximum atomic E-state index is 7.23. The molecule has 1 fully saturated rings. The Labute approximate surface area is 277 Å². The average Bonchev–Trinajstić information content (AvgIpc) is 3.12. The van der Waals surface area contributed by atoms with E-state index in [0.717, 1.165) is 21.6 Å². The van der Waals surface area contributed by atoms with Crippen LogP contribution in [0.1, 0.15) is 16.7 Å². The monoisotopic (exact) mass is 634 g/mol. The van der Waals surface area contributed by atoms with Crippen molar-refractivity contribution in [2.75, 3.05) is 26.4 Å². The van der Waals surface area contributed by atoms with Crippen LogP contribution in [-0.2, 0) is 29.3 Å². The fraction of sp³-hybridized carbons (Fsp3) is 0.250. The maximum absolute atomic E-state index is 7.23. The van der Waals surface area contributed by atoms with Crippen LogP contribution in [0.5, 0.6) is 0 Å². The molecule has 5 rings (SSSR count). The summed E-state index contributed by atoms with van der Waals surface area (Å²) in [6.07, 6.45) is 3.21. The average molecular weight is 635 g/mol. The highest BCUT2D eigenvalue weighted by Crippen LogP contribution is 2.42. The lowest BCUT2D eigenvalue weighted by atomic mass is 9.80. The van der Waals surface area contributed by atoms with Crippen molar-refractivity contribution >= 4 is 11.8 Å². The van der Waals surface area contributed by atoms with Crippen molar-refractivity contribution in [3.05, 3.63) is 176 Å². The predicted molar refractivity (Wildman–Crippen MR) is 186 cm³/mol. The van der Waals surface area contributed by atoms with Crippen LogP contribution >= 0.6 is 11.8 Å². The van der Waals surface area contributed by atoms with Crippen LogP contribution < -0.4 is 0 Å². The zero-order chi connectivity index (χ0) is 32.0. The Kier molecular flexibility index (Phi) is 12.6. The Bertz CT molecular complexity index is 1380. The van der Waals surface area contributed by atoms with Gasteiger partial charge in [-0.25, -0.2) is 0 Å². The van der Waals surface area contributed by atoms with Gasteiger partial charge in [0.15, 0.2) is 0 Å². The second-order valence-corrected chi connectivity index (χ2v) is 12.0. The molecule has 1 aliphatic heterocycles. The highest BCUT2D eigenvalue weighted by molar-refractivity contribution is 7.99. The molecule has 238 valence electrons. The third kappa shape index (κ3) is 7.96. The van der Waals surface area contributed by atoms with E-state index in [1.54, 1.807) is 30.0 Å². The minimum absolute atomic E-state index is 0.203. The molecular weight excluding hydrogens is 593 g/mol. The first-order chi connectivity index (χ1) is 22.7. The van der Waals surface area contributed by atoms with Gasteiger partial charge in [0.05, 0.1) is 26.4 Å². The molecule has 1 saturated heterocycles. The molecule has 0 spiro atoms. The number of ether oxygens (including phenoxy) is 5. The van der Waals surface area contributed by atoms with Gasteiger partial charge in [-0.3, -0.25) is 0 Å². The molecule has 46 heavy (non-hydrogen) atoms. The van der Waals surface area contributed by atoms with Crippen LogP contribution in [0.3, 0.4) is 0 Å². The first kappa shape index (κ1) is 33.6. The number of thioether (sulfide) groups is 1. The summed E-state index contributed by atoms with van der Waals surface area (Å²) in [6.45, 7) is 12.8. The van der Waals surface area contributed by atoms with E-state index < -0.39 is 35.5 Å². The molecule has 1 aliphatic rings. The van der Waals surface area contributed by atoms with Crippen molar-refractivity contribution in [3.8, 4) is 0 Å². The Morgan fingerprint density at radius 3 is 1.43 bits per heavy atom. The van der Waals surface area contributed by atoms with Crippen molar-refractivity contribution in [2.24, 2.45) is 0 Å². The van der Waals surface area contributed by atoms with Gasteiger partial charge in [-0.2, -0.15) is 0 Å². The second kappa shape index (κ2) is 17.2. The number of rotatable bonds is 17. The van der Waals surface area contributed by atoms with Crippen LogP contribution in [0.25, 0.3) is 0 Å². The fourth-order valence-electron chi connectivity index (χ4n) is 5.82. The first-order valence-electron chi connectivity index (χ1n) is 15.6. The van der Waals surface area contributed by atoms with Crippen LogP contribution in [-0.4, -0.2) is 56.3 Å². The molecular formula is C40H42O5S. The van der Waals surface area contributed by atoms with Gasteiger partial charge in [-0.05, 0) is 28.8 Å². The van der Waals surface area contributed by atoms with Gasteiger partial charge in [-0.1, -0.05) is 139 Å². The zero-order valence-electron chi connectivity index (χ0n) is 26.1. The van der Waals surface area contributed by atoms with Gasteiger partial charge in [-0.15, -0.1) is 19.7 Å². The summed E-state index contributed by atoms with van der Waals surface area (Å²) in [5, 5.41) is 0. The summed E-state index contributed by atoms with van der Waals surface area (Å²) in [6, 6.07) is 41.1. The van der Waals surface area contributed by atoms with Gasteiger partial charge in [0.25, 0.3) is 0 Å². The number of hydrogen-bond acceptors (Lipinski definition) is 6. The molecule has 4 aromatic rings. The zero-order valence-corrected chi connectivity index (χ0v) is 26.9. The normalized spacial score (nSPS) is 21.3. The lowest BCUT2D eigenvalue weighted by molar-refractivity contribution is -0.245. The smallest absolute Gasteiger partial charge is 0.143 e. The summed E-state index contributed by atoms with van der Waals surface area (Å²) < 4.78 is 33.4. The van der Waals surface area contributed by atoms with Gasteiger partial charge in [0.1, 0.15) is 35.5 Å². The third-order valence-corrected chi connectivity index (χ3v) is 8.97. The van der Waals surface area contributed by atoms with E-state index in [-0.39, 0.29) is 6.61 Å². The molecule has 0 bridgehead atoms. The largest absolute Gasteiger partial charge is 0.369 e. The van der Waals surface area contributed by atoms with Crippen LogP contribution in [0, 0.1) is 0 Å². The number of hydrogen-bond donors (Lipinski definition) is 0. The molecule has 0 amide bonds. The summed E-state index contributed by atoms with van der Waals surface area (Å²) >= 11 is 1.59. The van der Waals surface area contributed by atoms with E-state index in [2.05, 4.69) is 68.3 Å². The van der Waals surface area contributed by atoms with E-state index in [1.807, 2.05) is 72.8 Å². The van der Waals surface area contributed by atoms with Crippen molar-refractivity contribution in [2.45, 2.75) is 40.3 Å². The molecule has 0 saturated carbocycles. The van der Waals surface area contributed by atoms with Gasteiger partial charge >= 0.3 is 0 Å². The molecule has 0 aliphatic carbocycles. The molecule has 6 heteroatoms. The minimum Gasteiger partial charge on any atom is -0.369 e. The molecule has 0 unspecified atom stereocenters. The molecule has 5 atom stereocenters. The molecule has 0 N–H and O–H groups in total. The van der Waals surface area contributed by atoms with Crippen molar-refractivity contribution < 1.29 is 23.7 Å². The van der Waals surface area contributed by atoms with E-state index in [4.69, 9.17) is 23.7 Å². The summed E-state index contributed by atoms with van der Waals surface area (Å²) in [4.78, 5) is 1.06. The topological polar surface area (TPSA) is 46.2 Å². The Hall–Kier alpha value is -3.75. The maximum Gasteiger partial charge on any atom is 0.143 e. The second-order valence-electron chi connectivity index (χ2n) is 10.8. The Morgan fingerprint density at radius 2 is 0.978 bits per heavy atom. The quantitative estimate of drug-likeness (QED) is 0.0862. The van der Waals surface area contributed by atoms with Crippen LogP contribution in [0.15, 0.2) is 164 Å². The first-order valence-corrected chi connectivity index (χ1v) is 16.4. The molecule has 1 heterocycles. The predicted octanol–water partition coefficient (Wildman–Crippen LogP) is 8.23. The van der Waals surface area contributed by atoms with E-state index >= 15 is 0 Å². The van der Waals surface area contributed by atoms with Crippen molar-refractivity contribution in [1.29, 1.82) is 0 Å². The summed E-state index contributed by atoms with van der Waals surface area (Å²) in [5.41, 5.74) is 1.68. The van der Waals surface area contributed by atoms with E-state index in [9.17, 15) is 0 Å². The summed E-state index contributed by atoms with van der Waals surface area (Å²) in [5.74, 6) is 0. The summed E-state index contributed by atoms with van der Waals surface area (Å²) in [7, 11) is 0. The molecule has 0 aromatic heterocycles. The van der Waals surface area contributed by atoms with Crippen LogP contribution in [0.4, 0.5) is 0 Å². The molecule has 5 nitrogen and oxygen atoms in total. The van der Waals surface area contributed by atoms with Gasteiger partial charge in [0, 0.05) is 4.90 Å². The number of benzene rings is 4. The van der Waals surface area contributed by atoms with Gasteiger partial charge in [0.2, 0.25) is 0 Å². The van der Waals surface area contributed by atoms with Gasteiger partial charge < -0.3 is 23.7 Å². The molecule has 4 aromatic carbocycles. The lowest BCUT2D eigenvalue weighted by Crippen LogP contribution is -2.61. The fourth-order valence-corrected chi connectivity index (χ4v) is 6.97. The van der Waals surface area contributed by atoms with Crippen LogP contribution in [0.2, 0.25) is 0 Å². The van der Waals surface area contributed by atoms with Crippen molar-refractivity contribution in [1.82, 2.24) is 0 Å².